The van der Waals surface area contributed by atoms with Gasteiger partial charge in [0.15, 0.2) is 0 Å². The third kappa shape index (κ3) is 12.2. The molecule has 1 amide bonds. The van der Waals surface area contributed by atoms with E-state index in [4.69, 9.17) is 16.6 Å². The number of aliphatic hydroxyl groups is 1. The van der Waals surface area contributed by atoms with Gasteiger partial charge in [-0.3, -0.25) is 15.0 Å². The molecule has 8 N–H and O–H groups in total. The molecule has 0 spiro atoms. The Balaban J connectivity index is 3.83. The summed E-state index contributed by atoms with van der Waals surface area (Å²) in [6.45, 7) is 1.42. The van der Waals surface area contributed by atoms with Gasteiger partial charge in [0, 0.05) is 26.1 Å². The third-order valence-corrected chi connectivity index (χ3v) is 2.65. The first-order chi connectivity index (χ1) is 9.85. The van der Waals surface area contributed by atoms with Crippen LogP contribution in [0.15, 0.2) is 0 Å². The minimum Gasteiger partial charge on any atom is -0.480 e. The molecule has 0 aromatic carbocycles. The molecule has 0 heterocycles. The van der Waals surface area contributed by atoms with Gasteiger partial charge in [0.2, 0.25) is 5.91 Å². The van der Waals surface area contributed by atoms with Crippen LogP contribution >= 0.6 is 0 Å². The van der Waals surface area contributed by atoms with Crippen molar-refractivity contribution in [2.75, 3.05) is 33.2 Å². The van der Waals surface area contributed by atoms with E-state index in [0.29, 0.717) is 13.1 Å². The van der Waals surface area contributed by atoms with Crippen molar-refractivity contribution >= 4 is 11.9 Å². The Labute approximate surface area is 124 Å². The number of rotatable bonds is 12. The molecule has 0 aromatic heterocycles. The summed E-state index contributed by atoms with van der Waals surface area (Å²) >= 11 is 0. The number of carboxylic acid groups (broad SMARTS) is 1. The molecule has 0 rings (SSSR count). The fraction of sp³-hybridized carbons (Fsp3) is 0.833. The zero-order chi connectivity index (χ0) is 16.3. The van der Waals surface area contributed by atoms with Crippen LogP contribution in [0.5, 0.6) is 0 Å². The molecule has 124 valence electrons. The highest BCUT2D eigenvalue weighted by Crippen LogP contribution is 2.00. The van der Waals surface area contributed by atoms with E-state index < -0.39 is 18.1 Å². The Bertz CT molecular complexity index is 316. The van der Waals surface area contributed by atoms with Gasteiger partial charge in [0.25, 0.3) is 0 Å². The highest BCUT2D eigenvalue weighted by molar-refractivity contribution is 5.76. The topological polar surface area (TPSA) is 154 Å². The van der Waals surface area contributed by atoms with Gasteiger partial charge in [-0.1, -0.05) is 0 Å². The predicted molar refractivity (Wildman–Crippen MR) is 78.2 cm³/mol. The molecular formula is C12H27N5O4. The van der Waals surface area contributed by atoms with Crippen LogP contribution in [0, 0.1) is 0 Å². The van der Waals surface area contributed by atoms with Crippen molar-refractivity contribution in [1.29, 1.82) is 0 Å². The van der Waals surface area contributed by atoms with Gasteiger partial charge in [0.05, 0.1) is 6.10 Å². The fourth-order valence-electron chi connectivity index (χ4n) is 1.75. The molecular weight excluding hydrogens is 278 g/mol. The Hall–Kier alpha value is -1.26. The Kier molecular flexibility index (Phi) is 10.7. The highest BCUT2D eigenvalue weighted by atomic mass is 16.4. The summed E-state index contributed by atoms with van der Waals surface area (Å²) in [4.78, 5) is 22.0. The maximum atomic E-state index is 11.6. The van der Waals surface area contributed by atoms with Crippen LogP contribution < -0.4 is 22.2 Å². The Morgan fingerprint density at radius 2 is 2.05 bits per heavy atom. The van der Waals surface area contributed by atoms with E-state index in [1.54, 1.807) is 0 Å². The number of hydrazine groups is 1. The standard InChI is InChI=1S/C12H27N5O4/c1-17(8-12(20)21)16-11(19)6-9(14)5-10(18)7-15-4-2-3-13/h9-10,15,18H,2-8,13-14H2,1H3,(H,16,19)(H,20,21)/t9-,10-/m1/s1. The SMILES string of the molecule is CN(CC(=O)O)NC(=O)C[C@H](N)C[C@@H](O)CNCCCN. The number of carboxylic acids is 1. The second-order valence-electron chi connectivity index (χ2n) is 4.98. The van der Waals surface area contributed by atoms with Gasteiger partial charge in [-0.2, -0.15) is 0 Å². The summed E-state index contributed by atoms with van der Waals surface area (Å²) in [6.07, 6.45) is 0.495. The van der Waals surface area contributed by atoms with Crippen molar-refractivity contribution < 1.29 is 19.8 Å². The highest BCUT2D eigenvalue weighted by Gasteiger charge is 2.15. The Morgan fingerprint density at radius 3 is 2.62 bits per heavy atom. The molecule has 2 atom stereocenters. The lowest BCUT2D eigenvalue weighted by Crippen LogP contribution is -2.44. The summed E-state index contributed by atoms with van der Waals surface area (Å²) < 4.78 is 0. The largest absolute Gasteiger partial charge is 0.480 e. The Morgan fingerprint density at radius 1 is 1.38 bits per heavy atom. The molecule has 0 aliphatic rings. The first kappa shape index (κ1) is 19.7. The minimum absolute atomic E-state index is 0.0177. The van der Waals surface area contributed by atoms with Crippen LogP contribution in [-0.4, -0.2) is 72.5 Å². The number of carbonyl (C=O) groups is 2. The van der Waals surface area contributed by atoms with Gasteiger partial charge in [-0.15, -0.1) is 0 Å². The molecule has 0 saturated heterocycles. The molecule has 0 radical (unpaired) electrons. The molecule has 0 aromatic rings. The van der Waals surface area contributed by atoms with E-state index in [-0.39, 0.29) is 25.3 Å². The van der Waals surface area contributed by atoms with Crippen molar-refractivity contribution in [3.8, 4) is 0 Å². The van der Waals surface area contributed by atoms with Crippen molar-refractivity contribution in [2.24, 2.45) is 11.5 Å². The molecule has 0 aliphatic heterocycles. The number of nitrogens with one attached hydrogen (secondary N) is 2. The van der Waals surface area contributed by atoms with Crippen LogP contribution in [0.3, 0.4) is 0 Å². The van der Waals surface area contributed by atoms with Gasteiger partial charge < -0.3 is 27.0 Å². The van der Waals surface area contributed by atoms with E-state index in [9.17, 15) is 14.7 Å². The van der Waals surface area contributed by atoms with Crippen LogP contribution in [0.2, 0.25) is 0 Å². The van der Waals surface area contributed by atoms with Crippen LogP contribution in [-0.2, 0) is 9.59 Å². The first-order valence-electron chi connectivity index (χ1n) is 6.92. The van der Waals surface area contributed by atoms with Crippen molar-refractivity contribution in [1.82, 2.24) is 15.8 Å². The summed E-state index contributed by atoms with van der Waals surface area (Å²) in [5, 5.41) is 22.5. The average Bonchev–Trinajstić information content (AvgIpc) is 2.32. The average molecular weight is 305 g/mol. The number of nitrogens with zero attached hydrogens (tertiary/aromatic N) is 1. The normalized spacial score (nSPS) is 14.0. The molecule has 9 nitrogen and oxygen atoms in total. The molecule has 0 saturated carbocycles. The minimum atomic E-state index is -1.04. The predicted octanol–water partition coefficient (Wildman–Crippen LogP) is -2.56. The van der Waals surface area contributed by atoms with Crippen LogP contribution in [0.4, 0.5) is 0 Å². The summed E-state index contributed by atoms with van der Waals surface area (Å²) in [5.74, 6) is -1.42. The zero-order valence-corrected chi connectivity index (χ0v) is 12.4. The number of aliphatic hydroxyl groups excluding tert-OH is 1. The van der Waals surface area contributed by atoms with E-state index >= 15 is 0 Å². The number of amides is 1. The lowest BCUT2D eigenvalue weighted by molar-refractivity contribution is -0.139. The monoisotopic (exact) mass is 305 g/mol. The van der Waals surface area contributed by atoms with E-state index in [1.165, 1.54) is 12.1 Å². The first-order valence-corrected chi connectivity index (χ1v) is 6.92. The van der Waals surface area contributed by atoms with Crippen molar-refractivity contribution in [3.63, 3.8) is 0 Å². The van der Waals surface area contributed by atoms with Crippen LogP contribution in [0.1, 0.15) is 19.3 Å². The second-order valence-corrected chi connectivity index (χ2v) is 4.98. The second kappa shape index (κ2) is 11.4. The summed E-state index contributed by atoms with van der Waals surface area (Å²) in [5.41, 5.74) is 13.5. The third-order valence-electron chi connectivity index (χ3n) is 2.65. The molecule has 0 bridgehead atoms. The fourth-order valence-corrected chi connectivity index (χ4v) is 1.75. The van der Waals surface area contributed by atoms with Gasteiger partial charge in [-0.25, -0.2) is 5.01 Å². The smallest absolute Gasteiger partial charge is 0.319 e. The molecule has 0 aliphatic carbocycles. The van der Waals surface area contributed by atoms with Gasteiger partial charge in [-0.05, 0) is 25.9 Å². The van der Waals surface area contributed by atoms with Gasteiger partial charge >= 0.3 is 5.97 Å². The van der Waals surface area contributed by atoms with Crippen molar-refractivity contribution in [2.45, 2.75) is 31.4 Å². The van der Waals surface area contributed by atoms with E-state index in [2.05, 4.69) is 10.7 Å². The zero-order valence-electron chi connectivity index (χ0n) is 12.4. The van der Waals surface area contributed by atoms with Gasteiger partial charge in [0.1, 0.15) is 6.54 Å². The number of aliphatic carboxylic acids is 1. The maximum Gasteiger partial charge on any atom is 0.319 e. The number of hydrogen-bond donors (Lipinski definition) is 6. The number of hydrogen-bond acceptors (Lipinski definition) is 7. The lowest BCUT2D eigenvalue weighted by Gasteiger charge is -2.19. The summed E-state index contributed by atoms with van der Waals surface area (Å²) in [6, 6.07) is -0.491. The quantitative estimate of drug-likeness (QED) is 0.170. The number of carbonyl (C=O) groups excluding carboxylic acids is 1. The number of likely N-dealkylation sites (N-methyl/N-ethyl adjacent to an activating group) is 1. The molecule has 9 heteroatoms. The molecule has 0 fully saturated rings. The summed E-state index contributed by atoms with van der Waals surface area (Å²) in [7, 11) is 1.45. The number of nitrogens with two attached hydrogens (primary N) is 2. The molecule has 21 heavy (non-hydrogen) atoms. The van der Waals surface area contributed by atoms with Crippen LogP contribution in [0.25, 0.3) is 0 Å². The molecule has 0 unspecified atom stereocenters. The van der Waals surface area contributed by atoms with E-state index in [0.717, 1.165) is 13.0 Å². The lowest BCUT2D eigenvalue weighted by atomic mass is 10.1. The van der Waals surface area contributed by atoms with E-state index in [1.807, 2.05) is 0 Å². The maximum absolute atomic E-state index is 11.6. The van der Waals surface area contributed by atoms with Crippen molar-refractivity contribution in [3.05, 3.63) is 0 Å².